The van der Waals surface area contributed by atoms with Gasteiger partial charge in [-0.15, -0.1) is 0 Å². The second-order valence-electron chi connectivity index (χ2n) is 7.36. The fraction of sp³-hybridized carbons (Fsp3) is 0.632. The lowest BCUT2D eigenvalue weighted by atomic mass is 9.55. The van der Waals surface area contributed by atoms with Gasteiger partial charge in [0.25, 0.3) is 0 Å². The van der Waals surface area contributed by atoms with Crippen LogP contribution in [0.15, 0.2) is 30.3 Å². The van der Waals surface area contributed by atoms with Crippen molar-refractivity contribution in [1.29, 1.82) is 0 Å². The van der Waals surface area contributed by atoms with Gasteiger partial charge in [-0.3, -0.25) is 4.79 Å². The van der Waals surface area contributed by atoms with Crippen molar-refractivity contribution in [1.82, 2.24) is 10.6 Å². The Balaban J connectivity index is 1.38. The van der Waals surface area contributed by atoms with E-state index in [0.717, 1.165) is 25.1 Å². The van der Waals surface area contributed by atoms with Gasteiger partial charge in [-0.05, 0) is 18.4 Å². The van der Waals surface area contributed by atoms with Crippen LogP contribution >= 0.6 is 0 Å². The highest BCUT2D eigenvalue weighted by Crippen LogP contribution is 2.51. The predicted octanol–water partition coefficient (Wildman–Crippen LogP) is 2.49. The van der Waals surface area contributed by atoms with E-state index in [1.807, 2.05) is 30.3 Å². The van der Waals surface area contributed by atoms with Gasteiger partial charge in [-0.25, -0.2) is 0 Å². The molecule has 0 unspecified atom stereocenters. The maximum Gasteiger partial charge on any atom is 0.221 e. The number of fused-ring (bicyclic) bond motifs is 1. The van der Waals surface area contributed by atoms with E-state index in [9.17, 15) is 4.79 Å². The minimum Gasteiger partial charge on any atom is -0.377 e. The Kier molecular flexibility index (Phi) is 5.02. The molecular formula is C19H28N2O2. The molecule has 1 saturated heterocycles. The molecule has 1 aromatic carbocycles. The topological polar surface area (TPSA) is 50.4 Å². The van der Waals surface area contributed by atoms with Crippen LogP contribution in [0.2, 0.25) is 0 Å². The van der Waals surface area contributed by atoms with E-state index in [1.165, 1.54) is 6.42 Å². The van der Waals surface area contributed by atoms with Gasteiger partial charge >= 0.3 is 0 Å². The highest BCUT2D eigenvalue weighted by Gasteiger charge is 2.57. The van der Waals surface area contributed by atoms with Crippen molar-refractivity contribution in [2.24, 2.45) is 11.3 Å². The standard InChI is InChI=1S/C19H28N2O2/c1-19(2)17(15-9-6-12-23-18(15)19)20-11-10-16(22)21-13-14-7-4-3-5-8-14/h3-5,7-8,15,17-18,20H,6,9-13H2,1-2H3,(H,21,22)/t15-,17+,18+/m0/s1. The maximum absolute atomic E-state index is 12.0. The van der Waals surface area contributed by atoms with Crippen LogP contribution in [0, 0.1) is 11.3 Å². The van der Waals surface area contributed by atoms with Gasteiger partial charge in [0, 0.05) is 43.5 Å². The summed E-state index contributed by atoms with van der Waals surface area (Å²) in [7, 11) is 0. The number of ether oxygens (including phenoxy) is 1. The first kappa shape index (κ1) is 16.5. The molecule has 4 heteroatoms. The molecule has 0 aromatic heterocycles. The number of carbonyl (C=O) groups is 1. The Hall–Kier alpha value is -1.39. The van der Waals surface area contributed by atoms with Gasteiger partial charge in [0.1, 0.15) is 0 Å². The molecule has 126 valence electrons. The fourth-order valence-corrected chi connectivity index (χ4v) is 4.16. The molecule has 0 radical (unpaired) electrons. The van der Waals surface area contributed by atoms with Crippen molar-refractivity contribution in [3.05, 3.63) is 35.9 Å². The molecule has 3 atom stereocenters. The summed E-state index contributed by atoms with van der Waals surface area (Å²) in [6.45, 7) is 6.78. The van der Waals surface area contributed by atoms with Gasteiger partial charge in [0.15, 0.2) is 0 Å². The smallest absolute Gasteiger partial charge is 0.221 e. The molecule has 0 spiro atoms. The molecule has 1 heterocycles. The third kappa shape index (κ3) is 3.59. The summed E-state index contributed by atoms with van der Waals surface area (Å²) in [6, 6.07) is 10.5. The molecule has 4 nitrogen and oxygen atoms in total. The zero-order valence-corrected chi connectivity index (χ0v) is 14.2. The number of hydrogen-bond donors (Lipinski definition) is 2. The average Bonchev–Trinajstić information content (AvgIpc) is 2.57. The predicted molar refractivity (Wildman–Crippen MR) is 90.9 cm³/mol. The maximum atomic E-state index is 12.0. The van der Waals surface area contributed by atoms with Crippen molar-refractivity contribution in [3.8, 4) is 0 Å². The number of rotatable bonds is 6. The van der Waals surface area contributed by atoms with Crippen LogP contribution in [0.5, 0.6) is 0 Å². The zero-order chi connectivity index (χ0) is 16.3. The minimum atomic E-state index is 0.106. The van der Waals surface area contributed by atoms with Gasteiger partial charge in [-0.1, -0.05) is 44.2 Å². The molecular weight excluding hydrogens is 288 g/mol. The van der Waals surface area contributed by atoms with Crippen LogP contribution < -0.4 is 10.6 Å². The van der Waals surface area contributed by atoms with E-state index in [4.69, 9.17) is 4.74 Å². The second kappa shape index (κ2) is 7.02. The van der Waals surface area contributed by atoms with E-state index >= 15 is 0 Å². The number of amides is 1. The summed E-state index contributed by atoms with van der Waals surface area (Å²) in [4.78, 5) is 12.0. The van der Waals surface area contributed by atoms with E-state index in [1.54, 1.807) is 0 Å². The number of hydrogen-bond acceptors (Lipinski definition) is 3. The van der Waals surface area contributed by atoms with Crippen LogP contribution in [0.1, 0.15) is 38.7 Å². The molecule has 1 aliphatic heterocycles. The van der Waals surface area contributed by atoms with Gasteiger partial charge in [0.05, 0.1) is 6.10 Å². The number of carbonyl (C=O) groups excluding carboxylic acids is 1. The molecule has 1 saturated carbocycles. The molecule has 1 aliphatic carbocycles. The Morgan fingerprint density at radius 3 is 2.87 bits per heavy atom. The Labute approximate surface area is 139 Å². The normalized spacial score (nSPS) is 28.5. The second-order valence-corrected chi connectivity index (χ2v) is 7.36. The summed E-state index contributed by atoms with van der Waals surface area (Å²) in [5.41, 5.74) is 1.31. The fourth-order valence-electron chi connectivity index (χ4n) is 4.16. The van der Waals surface area contributed by atoms with Gasteiger partial charge in [-0.2, -0.15) is 0 Å². The molecule has 2 fully saturated rings. The van der Waals surface area contributed by atoms with Crippen LogP contribution in [0.4, 0.5) is 0 Å². The lowest BCUT2D eigenvalue weighted by molar-refractivity contribution is -0.192. The Bertz CT molecular complexity index is 529. The molecule has 1 aromatic rings. The summed E-state index contributed by atoms with van der Waals surface area (Å²) in [6.07, 6.45) is 3.32. The van der Waals surface area contributed by atoms with Crippen LogP contribution in [-0.4, -0.2) is 31.2 Å². The molecule has 2 N–H and O–H groups in total. The lowest BCUT2D eigenvalue weighted by Crippen LogP contribution is -2.69. The molecule has 2 aliphatic rings. The zero-order valence-electron chi connectivity index (χ0n) is 14.2. The summed E-state index contributed by atoms with van der Waals surface area (Å²) >= 11 is 0. The summed E-state index contributed by atoms with van der Waals surface area (Å²) in [5.74, 6) is 0.723. The summed E-state index contributed by atoms with van der Waals surface area (Å²) < 4.78 is 5.92. The molecule has 1 amide bonds. The van der Waals surface area contributed by atoms with Crippen molar-refractivity contribution >= 4 is 5.91 Å². The molecule has 23 heavy (non-hydrogen) atoms. The third-order valence-electron chi connectivity index (χ3n) is 5.38. The van der Waals surface area contributed by atoms with Crippen molar-refractivity contribution < 1.29 is 9.53 Å². The first-order valence-electron chi connectivity index (χ1n) is 8.74. The van der Waals surface area contributed by atoms with Crippen molar-refractivity contribution in [3.63, 3.8) is 0 Å². The Morgan fingerprint density at radius 1 is 1.30 bits per heavy atom. The van der Waals surface area contributed by atoms with Crippen molar-refractivity contribution in [2.75, 3.05) is 13.2 Å². The molecule has 0 bridgehead atoms. The Morgan fingerprint density at radius 2 is 2.09 bits per heavy atom. The van der Waals surface area contributed by atoms with E-state index in [-0.39, 0.29) is 11.3 Å². The largest absolute Gasteiger partial charge is 0.377 e. The first-order valence-corrected chi connectivity index (χ1v) is 8.74. The van der Waals surface area contributed by atoms with Gasteiger partial charge < -0.3 is 15.4 Å². The first-order chi connectivity index (χ1) is 11.1. The number of nitrogens with one attached hydrogen (secondary N) is 2. The quantitative estimate of drug-likeness (QED) is 0.848. The highest BCUT2D eigenvalue weighted by atomic mass is 16.5. The van der Waals surface area contributed by atoms with E-state index < -0.39 is 0 Å². The third-order valence-corrected chi connectivity index (χ3v) is 5.38. The summed E-state index contributed by atoms with van der Waals surface area (Å²) in [5, 5.41) is 6.58. The SMILES string of the molecule is CC1(C)[C@H](NCCC(=O)NCc2ccccc2)[C@@H]2CCCO[C@H]21. The lowest BCUT2D eigenvalue weighted by Gasteiger charge is -2.60. The minimum absolute atomic E-state index is 0.106. The van der Waals surface area contributed by atoms with Gasteiger partial charge in [0.2, 0.25) is 5.91 Å². The average molecular weight is 316 g/mol. The highest BCUT2D eigenvalue weighted by molar-refractivity contribution is 5.76. The monoisotopic (exact) mass is 316 g/mol. The van der Waals surface area contributed by atoms with E-state index in [2.05, 4.69) is 24.5 Å². The van der Waals surface area contributed by atoms with Crippen molar-refractivity contribution in [2.45, 2.75) is 51.8 Å². The van der Waals surface area contributed by atoms with Crippen LogP contribution in [-0.2, 0) is 16.1 Å². The van der Waals surface area contributed by atoms with Crippen LogP contribution in [0.3, 0.4) is 0 Å². The number of benzene rings is 1. The molecule has 3 rings (SSSR count). The van der Waals surface area contributed by atoms with Crippen LogP contribution in [0.25, 0.3) is 0 Å². The van der Waals surface area contributed by atoms with E-state index in [0.29, 0.717) is 31.0 Å².